The van der Waals surface area contributed by atoms with Crippen LogP contribution in [0, 0.1) is 11.8 Å². The predicted molar refractivity (Wildman–Crippen MR) is 173 cm³/mol. The Bertz CT molecular complexity index is 1900. The summed E-state index contributed by atoms with van der Waals surface area (Å²) in [5.41, 5.74) is 7.32. The summed E-state index contributed by atoms with van der Waals surface area (Å²) < 4.78 is 37.5. The molecule has 6 aliphatic heterocycles. The van der Waals surface area contributed by atoms with E-state index in [1.807, 2.05) is 18.2 Å². The number of rotatable bonds is 10. The van der Waals surface area contributed by atoms with E-state index >= 15 is 0 Å². The van der Waals surface area contributed by atoms with Gasteiger partial charge in [0.2, 0.25) is 5.91 Å². The maximum atomic E-state index is 14.5. The van der Waals surface area contributed by atoms with Gasteiger partial charge in [-0.25, -0.2) is 8.42 Å². The fraction of sp³-hybridized carbons (Fsp3) is 0.571. The standard InChI is InChI=1S/C35H43N5O8S/c1-20(48-21(2)41)29-32-24-6-4-8-26(31(24)33(35(44)45)37(32)34(29)43)38-25-7-3-5-23-22(9-10-27(30(23)25)49(38,46)47)11-12-39-13-16-40(17-14-39,18-15-39)19-28(36)42/h3,5,7,9-10,20-21,24,26,29,32H,4,6,8,11-19H2,1-2H3,(H2-,36,42,44,45)/t20-,21?,24?,26+,29-,32-,39?,40?/m1/s1. The lowest BCUT2D eigenvalue weighted by Crippen LogP contribution is -2.76. The van der Waals surface area contributed by atoms with E-state index in [0.29, 0.717) is 42.5 Å². The van der Waals surface area contributed by atoms with Crippen LogP contribution in [0.15, 0.2) is 46.5 Å². The number of aliphatic carboxylic acids is 1. The number of sulfonamides is 1. The number of primary amides is 1. The second kappa shape index (κ2) is 11.2. The number of hydrogen-bond acceptors (Lipinski definition) is 8. The molecule has 2 aromatic carbocycles. The van der Waals surface area contributed by atoms with Gasteiger partial charge in [-0.05, 0) is 54.7 Å². The van der Waals surface area contributed by atoms with Crippen molar-refractivity contribution in [3.8, 4) is 0 Å². The van der Waals surface area contributed by atoms with Crippen molar-refractivity contribution in [2.24, 2.45) is 17.6 Å². The van der Waals surface area contributed by atoms with E-state index in [-0.39, 0.29) is 22.4 Å². The highest BCUT2D eigenvalue weighted by Gasteiger charge is 2.62. The van der Waals surface area contributed by atoms with E-state index < -0.39 is 52.3 Å². The number of β-lactam (4-membered cyclic amide) rings is 1. The topological polar surface area (TPSA) is 173 Å². The monoisotopic (exact) mass is 693 g/mol. The zero-order chi connectivity index (χ0) is 34.6. The molecule has 0 radical (unpaired) electrons. The van der Waals surface area contributed by atoms with Gasteiger partial charge in [0.1, 0.15) is 39.3 Å². The first kappa shape index (κ1) is 32.6. The molecule has 2 bridgehead atoms. The highest BCUT2D eigenvalue weighted by molar-refractivity contribution is 7.93. The Kier molecular flexibility index (Phi) is 7.47. The Hall–Kier alpha value is -3.56. The summed E-state index contributed by atoms with van der Waals surface area (Å²) in [5, 5.41) is 26.0. The molecule has 13 nitrogen and oxygen atoms in total. The number of hydrogen-bond donors (Lipinski definition) is 1. The smallest absolute Gasteiger partial charge is 0.272 e. The zero-order valence-corrected chi connectivity index (χ0v) is 28.7. The molecular weight excluding hydrogens is 650 g/mol. The maximum absolute atomic E-state index is 14.5. The largest absolute Gasteiger partial charge is 0.831 e. The van der Waals surface area contributed by atoms with E-state index in [4.69, 9.17) is 10.5 Å². The highest BCUT2D eigenvalue weighted by atomic mass is 32.2. The first-order chi connectivity index (χ1) is 23.3. The molecule has 2 amide bonds. The Morgan fingerprint density at radius 3 is 2.39 bits per heavy atom. The van der Waals surface area contributed by atoms with Crippen LogP contribution in [0.25, 0.3) is 10.8 Å². The number of carboxylic acid groups (broad SMARTS) is 1. The first-order valence-corrected chi connectivity index (χ1v) is 18.9. The van der Waals surface area contributed by atoms with Gasteiger partial charge < -0.3 is 39.3 Å². The van der Waals surface area contributed by atoms with E-state index in [1.54, 1.807) is 19.1 Å². The molecule has 6 heterocycles. The number of carbonyl (C=O) groups excluding carboxylic acids is 3. The third kappa shape index (κ3) is 4.78. The predicted octanol–water partition coefficient (Wildman–Crippen LogP) is -0.838. The molecule has 0 spiro atoms. The van der Waals surface area contributed by atoms with Gasteiger partial charge in [-0.1, -0.05) is 31.5 Å². The summed E-state index contributed by atoms with van der Waals surface area (Å²) in [7, 11) is -4.07. The van der Waals surface area contributed by atoms with Gasteiger partial charge in [0.25, 0.3) is 15.9 Å². The van der Waals surface area contributed by atoms with Crippen LogP contribution in [-0.4, -0.2) is 117 Å². The third-order valence-electron chi connectivity index (χ3n) is 12.6. The van der Waals surface area contributed by atoms with Crippen molar-refractivity contribution in [1.29, 1.82) is 0 Å². The molecule has 0 aromatic heterocycles. The van der Waals surface area contributed by atoms with Crippen LogP contribution >= 0.6 is 0 Å². The van der Waals surface area contributed by atoms with E-state index in [1.165, 1.54) is 16.1 Å². The van der Waals surface area contributed by atoms with Gasteiger partial charge in [-0.15, -0.1) is 0 Å². The maximum Gasteiger partial charge on any atom is 0.272 e. The summed E-state index contributed by atoms with van der Waals surface area (Å²) in [6.07, 6.45) is 0.334. The van der Waals surface area contributed by atoms with Gasteiger partial charge in [-0.2, -0.15) is 0 Å². The van der Waals surface area contributed by atoms with Crippen LogP contribution in [0.4, 0.5) is 5.69 Å². The Morgan fingerprint density at radius 1 is 1.04 bits per heavy atom. The molecule has 262 valence electrons. The molecule has 2 aromatic rings. The minimum atomic E-state index is -4.07. The molecule has 4 saturated heterocycles. The molecule has 6 atom stereocenters. The molecule has 1 aliphatic carbocycles. The van der Waals surface area contributed by atoms with Crippen LogP contribution in [0.3, 0.4) is 0 Å². The lowest BCUT2D eigenvalue weighted by atomic mass is 9.71. The zero-order valence-electron chi connectivity index (χ0n) is 27.9. The van der Waals surface area contributed by atoms with E-state index in [2.05, 4.69) is 0 Å². The van der Waals surface area contributed by atoms with Gasteiger partial charge in [-0.3, -0.25) is 13.9 Å². The Balaban J connectivity index is 1.12. The number of nitrogens with zero attached hydrogens (tertiary/aromatic N) is 4. The van der Waals surface area contributed by atoms with Crippen LogP contribution in [0.2, 0.25) is 0 Å². The average molecular weight is 694 g/mol. The number of piperazine rings is 3. The van der Waals surface area contributed by atoms with E-state index in [9.17, 15) is 33.0 Å². The summed E-state index contributed by atoms with van der Waals surface area (Å²) >= 11 is 0. The number of amides is 2. The van der Waals surface area contributed by atoms with Crippen molar-refractivity contribution in [3.63, 3.8) is 0 Å². The fourth-order valence-electron chi connectivity index (χ4n) is 10.3. The van der Waals surface area contributed by atoms with Gasteiger partial charge in [0.15, 0.2) is 6.54 Å². The fourth-order valence-corrected chi connectivity index (χ4v) is 12.2. The molecular formula is C35H43N5O8S. The number of benzene rings is 2. The number of anilines is 1. The highest BCUT2D eigenvalue weighted by Crippen LogP contribution is 2.56. The summed E-state index contributed by atoms with van der Waals surface area (Å²) in [5.74, 6) is -3.28. The molecule has 9 rings (SSSR count). The van der Waals surface area contributed by atoms with Crippen LogP contribution in [0.5, 0.6) is 0 Å². The average Bonchev–Trinajstić information content (AvgIpc) is 3.47. The van der Waals surface area contributed by atoms with E-state index in [0.717, 1.165) is 72.1 Å². The minimum absolute atomic E-state index is 0.206. The van der Waals surface area contributed by atoms with Gasteiger partial charge in [0.05, 0.1) is 52.9 Å². The first-order valence-electron chi connectivity index (χ1n) is 17.4. The van der Waals surface area contributed by atoms with Gasteiger partial charge >= 0.3 is 0 Å². The molecule has 7 aliphatic rings. The summed E-state index contributed by atoms with van der Waals surface area (Å²) in [4.78, 5) is 39.3. The van der Waals surface area contributed by atoms with Crippen LogP contribution < -0.4 is 20.3 Å². The normalized spacial score (nSPS) is 33.7. The number of ether oxygens (including phenoxy) is 1. The van der Waals surface area contributed by atoms with Crippen molar-refractivity contribution >= 4 is 44.3 Å². The molecule has 1 saturated carbocycles. The Morgan fingerprint density at radius 2 is 1.73 bits per heavy atom. The number of nitrogens with two attached hydrogens (primary N) is 1. The molecule has 2 unspecified atom stereocenters. The molecule has 14 heteroatoms. The Labute approximate surface area is 285 Å². The van der Waals surface area contributed by atoms with Crippen molar-refractivity contribution < 1.29 is 46.7 Å². The second-order valence-electron chi connectivity index (χ2n) is 15.1. The molecule has 5 fully saturated rings. The lowest BCUT2D eigenvalue weighted by molar-refractivity contribution is -1.08. The van der Waals surface area contributed by atoms with Crippen molar-refractivity contribution in [2.45, 2.75) is 68.9 Å². The summed E-state index contributed by atoms with van der Waals surface area (Å²) in [6.45, 7) is 10.1. The third-order valence-corrected chi connectivity index (χ3v) is 14.5. The number of carboxylic acids is 1. The number of quaternary nitrogens is 2. The quantitative estimate of drug-likeness (QED) is 0.191. The SMILES string of the molecule is CC([O-])O[C@H](C)[C@H]1C(=O)N2C(C(=O)[O-])=C3C(CCC[C@@H]3N3c4cccc5c(CC[N+]67CC[N+](CC(N)=O)(CC6)CC7)ccc(c45)S3(=O)=O)[C@H]12. The van der Waals surface area contributed by atoms with Crippen molar-refractivity contribution in [3.05, 3.63) is 47.2 Å². The van der Waals surface area contributed by atoms with Crippen LogP contribution in [-0.2, 0) is 35.6 Å². The number of carbonyl (C=O) groups is 3. The number of fused-ring (bicyclic) bond motifs is 6. The molecule has 2 N–H and O–H groups in total. The second-order valence-corrected chi connectivity index (χ2v) is 16.9. The lowest BCUT2D eigenvalue weighted by Gasteiger charge is -2.55. The van der Waals surface area contributed by atoms with Gasteiger partial charge in [0, 0.05) is 17.7 Å². The van der Waals surface area contributed by atoms with Crippen molar-refractivity contribution in [1.82, 2.24) is 4.90 Å². The minimum Gasteiger partial charge on any atom is -0.831 e. The van der Waals surface area contributed by atoms with Crippen LogP contribution in [0.1, 0.15) is 38.7 Å². The van der Waals surface area contributed by atoms with Crippen molar-refractivity contribution in [2.75, 3.05) is 56.7 Å². The molecule has 49 heavy (non-hydrogen) atoms. The summed E-state index contributed by atoms with van der Waals surface area (Å²) in [6, 6.07) is 7.90.